The van der Waals surface area contributed by atoms with E-state index < -0.39 is 15.2 Å². The molecule has 0 bridgehead atoms. The molecule has 19 heavy (non-hydrogen) atoms. The number of aryl methyl sites for hydroxylation is 1. The molecule has 100 valence electrons. The van der Waals surface area contributed by atoms with Gasteiger partial charge in [0, 0.05) is 15.8 Å². The molecule has 0 N–H and O–H groups in total. The molecule has 0 amide bonds. The molecule has 2 heterocycles. The van der Waals surface area contributed by atoms with Crippen LogP contribution in [-0.2, 0) is 16.1 Å². The van der Waals surface area contributed by atoms with Gasteiger partial charge in [-0.15, -0.1) is 11.0 Å². The topological polar surface area (TPSA) is 82.2 Å². The number of hydrogen-bond donors (Lipinski definition) is 0. The normalized spacial score (nSPS) is 13.8. The Bertz CT molecular complexity index is 864. The van der Waals surface area contributed by atoms with Crippen LogP contribution in [0.2, 0.25) is 0 Å². The quantitative estimate of drug-likeness (QED) is 0.537. The van der Waals surface area contributed by atoms with Crippen LogP contribution in [-0.4, -0.2) is 40.7 Å². The number of fused-ring (bicyclic) bond motifs is 1. The molecule has 7 nitrogen and oxygen atoms in total. The molecule has 0 aliphatic carbocycles. The van der Waals surface area contributed by atoms with Gasteiger partial charge in [0.2, 0.25) is 5.65 Å². The largest absolute Gasteiger partial charge is 0.354 e. The van der Waals surface area contributed by atoms with Crippen LogP contribution in [0.5, 0.6) is 0 Å². The number of rotatable bonds is 2. The van der Waals surface area contributed by atoms with Crippen LogP contribution in [0.3, 0.4) is 0 Å². The maximum absolute atomic E-state index is 12.2. The van der Waals surface area contributed by atoms with Crippen LogP contribution in [0.25, 0.3) is 5.65 Å². The molecular formula is C11H13N5O2S. The summed E-state index contributed by atoms with van der Waals surface area (Å²) in [6, 6.07) is 0. The first-order valence-electron chi connectivity index (χ1n) is 5.41. The van der Waals surface area contributed by atoms with Gasteiger partial charge in [0.05, 0.1) is 0 Å². The molecular weight excluding hydrogens is 266 g/mol. The van der Waals surface area contributed by atoms with Crippen molar-refractivity contribution in [3.8, 4) is 11.8 Å². The number of aromatic nitrogens is 5. The van der Waals surface area contributed by atoms with Crippen molar-refractivity contribution in [1.29, 1.82) is 0 Å². The van der Waals surface area contributed by atoms with Gasteiger partial charge in [-0.25, -0.2) is 14.2 Å². The molecule has 2 rings (SSSR count). The Hall–Kier alpha value is -2.14. The van der Waals surface area contributed by atoms with Crippen molar-refractivity contribution in [2.24, 2.45) is 0 Å². The summed E-state index contributed by atoms with van der Waals surface area (Å²) in [5.41, 5.74) is -0.224. The van der Waals surface area contributed by atoms with Crippen LogP contribution in [0, 0.1) is 18.8 Å². The van der Waals surface area contributed by atoms with Gasteiger partial charge in [0.25, 0.3) is 0 Å². The summed E-state index contributed by atoms with van der Waals surface area (Å²) in [4.78, 5) is 16.3. The van der Waals surface area contributed by atoms with E-state index in [-0.39, 0.29) is 17.2 Å². The Balaban J connectivity index is 2.81. The van der Waals surface area contributed by atoms with Gasteiger partial charge in [0.1, 0.15) is 12.4 Å². The van der Waals surface area contributed by atoms with Crippen molar-refractivity contribution in [2.45, 2.75) is 25.4 Å². The first-order valence-corrected chi connectivity index (χ1v) is 7.54. The summed E-state index contributed by atoms with van der Waals surface area (Å²) >= 11 is 0. The van der Waals surface area contributed by atoms with Gasteiger partial charge in [-0.3, -0.25) is 4.21 Å². The van der Waals surface area contributed by atoms with Gasteiger partial charge in [-0.2, -0.15) is 4.68 Å². The van der Waals surface area contributed by atoms with E-state index in [1.165, 1.54) is 10.7 Å². The zero-order valence-electron chi connectivity index (χ0n) is 10.9. The average molecular weight is 279 g/mol. The van der Waals surface area contributed by atoms with E-state index in [0.29, 0.717) is 5.82 Å². The Labute approximate surface area is 110 Å². The highest BCUT2D eigenvalue weighted by molar-refractivity contribution is 7.99. The monoisotopic (exact) mass is 279 g/mol. The summed E-state index contributed by atoms with van der Waals surface area (Å²) in [5, 5.41) is 7.88. The molecule has 2 aromatic rings. The van der Waals surface area contributed by atoms with Crippen molar-refractivity contribution >= 4 is 21.0 Å². The zero-order valence-corrected chi connectivity index (χ0v) is 11.7. The van der Waals surface area contributed by atoms with Gasteiger partial charge in [-0.1, -0.05) is 11.1 Å². The second-order valence-electron chi connectivity index (χ2n) is 4.08. The Kier molecular flexibility index (Phi) is 3.16. The highest BCUT2D eigenvalue weighted by Gasteiger charge is 2.18. The van der Waals surface area contributed by atoms with Crippen LogP contribution in [0.1, 0.15) is 12.7 Å². The third kappa shape index (κ3) is 2.24. The SMILES string of the molecule is C=S(C)(=O)c1nc(C)n2c(=O)n(CC#CC)nnc12. The number of imidazole rings is 1. The third-order valence-corrected chi connectivity index (χ3v) is 3.56. The first-order chi connectivity index (χ1) is 8.86. The van der Waals surface area contributed by atoms with E-state index >= 15 is 0 Å². The molecule has 0 fully saturated rings. The van der Waals surface area contributed by atoms with Gasteiger partial charge >= 0.3 is 5.69 Å². The fourth-order valence-corrected chi connectivity index (χ4v) is 2.45. The van der Waals surface area contributed by atoms with Crippen molar-refractivity contribution in [2.75, 3.05) is 6.26 Å². The summed E-state index contributed by atoms with van der Waals surface area (Å²) in [5.74, 6) is 9.37. The second kappa shape index (κ2) is 4.51. The van der Waals surface area contributed by atoms with E-state index in [9.17, 15) is 9.00 Å². The summed E-state index contributed by atoms with van der Waals surface area (Å²) in [7, 11) is -2.57. The van der Waals surface area contributed by atoms with Gasteiger partial charge in [0.15, 0.2) is 5.03 Å². The first kappa shape index (κ1) is 13.3. The maximum Gasteiger partial charge on any atom is 0.354 e. The van der Waals surface area contributed by atoms with Crippen molar-refractivity contribution in [1.82, 2.24) is 24.4 Å². The highest BCUT2D eigenvalue weighted by Crippen LogP contribution is 2.12. The standard InChI is InChI=1S/C11H13N5O2S/c1-5-6-7-15-11(17)16-8(2)12-10(19(3,4)18)9(16)13-14-15/h3,7H2,1-2,4H3. The molecule has 0 aliphatic rings. The predicted octanol–water partition coefficient (Wildman–Crippen LogP) is -0.677. The zero-order chi connectivity index (χ0) is 14.2. The lowest BCUT2D eigenvalue weighted by Gasteiger charge is -2.01. The summed E-state index contributed by atoms with van der Waals surface area (Å²) < 4.78 is 14.4. The predicted molar refractivity (Wildman–Crippen MR) is 72.7 cm³/mol. The second-order valence-corrected chi connectivity index (χ2v) is 6.48. The Morgan fingerprint density at radius 3 is 2.74 bits per heavy atom. The van der Waals surface area contributed by atoms with E-state index in [4.69, 9.17) is 0 Å². The summed E-state index contributed by atoms with van der Waals surface area (Å²) in [6.45, 7) is 3.46. The van der Waals surface area contributed by atoms with Crippen molar-refractivity contribution < 1.29 is 4.21 Å². The number of hydrogen-bond acceptors (Lipinski definition) is 5. The lowest BCUT2D eigenvalue weighted by molar-refractivity contribution is 0.572. The van der Waals surface area contributed by atoms with E-state index in [1.807, 2.05) is 0 Å². The van der Waals surface area contributed by atoms with Crippen LogP contribution in [0.15, 0.2) is 9.82 Å². The Morgan fingerprint density at radius 2 is 2.16 bits per heavy atom. The van der Waals surface area contributed by atoms with Crippen LogP contribution in [0.4, 0.5) is 0 Å². The van der Waals surface area contributed by atoms with E-state index in [0.717, 1.165) is 4.68 Å². The Morgan fingerprint density at radius 1 is 1.47 bits per heavy atom. The molecule has 1 unspecified atom stereocenters. The van der Waals surface area contributed by atoms with Crippen molar-refractivity contribution in [3.63, 3.8) is 0 Å². The minimum atomic E-state index is -2.57. The third-order valence-electron chi connectivity index (χ3n) is 2.46. The molecule has 0 saturated heterocycles. The highest BCUT2D eigenvalue weighted by atomic mass is 32.2. The molecule has 0 saturated carbocycles. The van der Waals surface area contributed by atoms with E-state index in [1.54, 1.807) is 13.8 Å². The van der Waals surface area contributed by atoms with Gasteiger partial charge in [-0.05, 0) is 19.7 Å². The lowest BCUT2D eigenvalue weighted by atomic mass is 10.6. The maximum atomic E-state index is 12.2. The molecule has 8 heteroatoms. The smallest absolute Gasteiger partial charge is 0.262 e. The lowest BCUT2D eigenvalue weighted by Crippen LogP contribution is -2.30. The summed E-state index contributed by atoms with van der Waals surface area (Å²) in [6.07, 6.45) is 1.45. The minimum absolute atomic E-state index is 0.150. The number of nitrogens with zero attached hydrogens (tertiary/aromatic N) is 5. The molecule has 0 spiro atoms. The fraction of sp³-hybridized carbons (Fsp3) is 0.364. The van der Waals surface area contributed by atoms with Crippen molar-refractivity contribution in [3.05, 3.63) is 16.3 Å². The van der Waals surface area contributed by atoms with Crippen LogP contribution >= 0.6 is 0 Å². The molecule has 2 aromatic heterocycles. The van der Waals surface area contributed by atoms with Gasteiger partial charge < -0.3 is 0 Å². The average Bonchev–Trinajstić information content (AvgIpc) is 2.66. The molecule has 0 aliphatic heterocycles. The molecule has 1 atom stereocenters. The fourth-order valence-electron chi connectivity index (χ4n) is 1.61. The van der Waals surface area contributed by atoms with E-state index in [2.05, 4.69) is 33.0 Å². The molecule has 0 aromatic carbocycles. The molecule has 0 radical (unpaired) electrons. The minimum Gasteiger partial charge on any atom is -0.262 e. The van der Waals surface area contributed by atoms with Crippen LogP contribution < -0.4 is 5.69 Å².